The summed E-state index contributed by atoms with van der Waals surface area (Å²) in [6, 6.07) is 12.9. The quantitative estimate of drug-likeness (QED) is 0.498. The van der Waals surface area contributed by atoms with Gasteiger partial charge in [0.15, 0.2) is 5.96 Å². The summed E-state index contributed by atoms with van der Waals surface area (Å²) in [5.41, 5.74) is 3.97. The third kappa shape index (κ3) is 4.26. The molecule has 1 saturated carbocycles. The number of hydrogen-bond acceptors (Lipinski definition) is 2. The van der Waals surface area contributed by atoms with E-state index in [9.17, 15) is 0 Å². The van der Waals surface area contributed by atoms with Crippen molar-refractivity contribution < 1.29 is 0 Å². The third-order valence-corrected chi connectivity index (χ3v) is 4.64. The number of aliphatic imine (C=N–C) groups is 1. The first-order valence-corrected chi connectivity index (χ1v) is 8.68. The van der Waals surface area contributed by atoms with Crippen LogP contribution in [0.2, 0.25) is 5.15 Å². The molecule has 24 heavy (non-hydrogen) atoms. The zero-order chi connectivity index (χ0) is 16.9. The molecule has 2 atom stereocenters. The minimum atomic E-state index is 0.467. The molecule has 2 N–H and O–H groups in total. The first-order chi connectivity index (χ1) is 11.7. The Morgan fingerprint density at radius 1 is 1.29 bits per heavy atom. The second-order valence-corrected chi connectivity index (χ2v) is 6.58. The van der Waals surface area contributed by atoms with Crippen LogP contribution in [0, 0.1) is 6.92 Å². The summed E-state index contributed by atoms with van der Waals surface area (Å²) in [5.74, 6) is 1.45. The normalized spacial score (nSPS) is 19.9. The topological polar surface area (TPSA) is 49.3 Å². The first kappa shape index (κ1) is 16.8. The molecule has 4 nitrogen and oxygen atoms in total. The van der Waals surface area contributed by atoms with Gasteiger partial charge >= 0.3 is 0 Å². The number of aryl methyl sites for hydroxylation is 1. The SMILES string of the molecule is CN=C(NCCc1ccc(Cl)nc1)NC1CC1c1ccccc1C. The molecule has 2 aromatic rings. The molecule has 0 radical (unpaired) electrons. The Labute approximate surface area is 148 Å². The molecule has 1 aliphatic carbocycles. The van der Waals surface area contributed by atoms with Gasteiger partial charge in [-0.1, -0.05) is 41.9 Å². The van der Waals surface area contributed by atoms with Crippen LogP contribution in [0.5, 0.6) is 0 Å². The molecule has 1 heterocycles. The van der Waals surface area contributed by atoms with Gasteiger partial charge in [-0.2, -0.15) is 0 Å². The summed E-state index contributed by atoms with van der Waals surface area (Å²) in [7, 11) is 1.81. The van der Waals surface area contributed by atoms with Crippen LogP contribution in [0.15, 0.2) is 47.6 Å². The average Bonchev–Trinajstić information content (AvgIpc) is 3.35. The van der Waals surface area contributed by atoms with E-state index in [2.05, 4.69) is 51.8 Å². The minimum absolute atomic E-state index is 0.467. The molecule has 0 amide bonds. The van der Waals surface area contributed by atoms with Crippen molar-refractivity contribution in [3.63, 3.8) is 0 Å². The summed E-state index contributed by atoms with van der Waals surface area (Å²) in [5, 5.41) is 7.41. The molecule has 2 unspecified atom stereocenters. The highest BCUT2D eigenvalue weighted by Gasteiger charge is 2.39. The number of hydrogen-bond donors (Lipinski definition) is 2. The lowest BCUT2D eigenvalue weighted by Gasteiger charge is -2.12. The maximum absolute atomic E-state index is 5.80. The molecule has 0 bridgehead atoms. The van der Waals surface area contributed by atoms with Crippen LogP contribution in [0.3, 0.4) is 0 Å². The summed E-state index contributed by atoms with van der Waals surface area (Å²) in [4.78, 5) is 8.42. The Kier molecular flexibility index (Phi) is 5.36. The fourth-order valence-electron chi connectivity index (χ4n) is 2.95. The highest BCUT2D eigenvalue weighted by Crippen LogP contribution is 2.41. The zero-order valence-electron chi connectivity index (χ0n) is 14.1. The standard InChI is InChI=1S/C19H23ClN4/c1-13-5-3-4-6-15(13)16-11-17(16)24-19(21-2)22-10-9-14-7-8-18(20)23-12-14/h3-8,12,16-17H,9-11H2,1-2H3,(H2,21,22,24). The van der Waals surface area contributed by atoms with Gasteiger partial charge in [0, 0.05) is 31.7 Å². The number of aromatic nitrogens is 1. The van der Waals surface area contributed by atoms with Gasteiger partial charge in [-0.05, 0) is 42.5 Å². The summed E-state index contributed by atoms with van der Waals surface area (Å²) in [6.45, 7) is 2.99. The largest absolute Gasteiger partial charge is 0.356 e. The van der Waals surface area contributed by atoms with Gasteiger partial charge in [0.2, 0.25) is 0 Å². The monoisotopic (exact) mass is 342 g/mol. The number of benzene rings is 1. The molecule has 0 aliphatic heterocycles. The van der Waals surface area contributed by atoms with E-state index in [-0.39, 0.29) is 0 Å². The Morgan fingerprint density at radius 2 is 2.12 bits per heavy atom. The van der Waals surface area contributed by atoms with Crippen LogP contribution in [0.4, 0.5) is 0 Å². The van der Waals surface area contributed by atoms with Gasteiger partial charge in [0.1, 0.15) is 5.15 Å². The highest BCUT2D eigenvalue weighted by molar-refractivity contribution is 6.29. The van der Waals surface area contributed by atoms with Gasteiger partial charge in [-0.25, -0.2) is 4.98 Å². The van der Waals surface area contributed by atoms with Crippen LogP contribution in [0.1, 0.15) is 29.0 Å². The van der Waals surface area contributed by atoms with Crippen molar-refractivity contribution in [1.82, 2.24) is 15.6 Å². The van der Waals surface area contributed by atoms with Gasteiger partial charge in [0.25, 0.3) is 0 Å². The van der Waals surface area contributed by atoms with Crippen molar-refractivity contribution in [2.75, 3.05) is 13.6 Å². The van der Waals surface area contributed by atoms with Crippen LogP contribution < -0.4 is 10.6 Å². The zero-order valence-corrected chi connectivity index (χ0v) is 14.8. The first-order valence-electron chi connectivity index (χ1n) is 8.30. The van der Waals surface area contributed by atoms with E-state index in [0.717, 1.165) is 30.9 Å². The van der Waals surface area contributed by atoms with Crippen molar-refractivity contribution in [2.24, 2.45) is 4.99 Å². The average molecular weight is 343 g/mol. The summed E-state index contributed by atoms with van der Waals surface area (Å²) < 4.78 is 0. The molecule has 1 aliphatic rings. The Bertz CT molecular complexity index is 712. The Hall–Kier alpha value is -2.07. The van der Waals surface area contributed by atoms with E-state index in [0.29, 0.717) is 17.1 Å². The molecular weight excluding hydrogens is 320 g/mol. The van der Waals surface area contributed by atoms with Crippen LogP contribution >= 0.6 is 11.6 Å². The second kappa shape index (κ2) is 7.67. The van der Waals surface area contributed by atoms with Gasteiger partial charge < -0.3 is 10.6 Å². The third-order valence-electron chi connectivity index (χ3n) is 4.42. The second-order valence-electron chi connectivity index (χ2n) is 6.19. The number of halogens is 1. The maximum Gasteiger partial charge on any atom is 0.191 e. The predicted molar refractivity (Wildman–Crippen MR) is 99.8 cm³/mol. The van der Waals surface area contributed by atoms with Gasteiger partial charge in [-0.15, -0.1) is 0 Å². The summed E-state index contributed by atoms with van der Waals surface area (Å²) in [6.07, 6.45) is 3.86. The molecule has 1 aromatic heterocycles. The van der Waals surface area contributed by atoms with E-state index in [1.807, 2.05) is 25.4 Å². The number of rotatable bonds is 5. The molecule has 0 spiro atoms. The minimum Gasteiger partial charge on any atom is -0.356 e. The lowest BCUT2D eigenvalue weighted by molar-refractivity contribution is 0.778. The molecule has 1 aromatic carbocycles. The smallest absolute Gasteiger partial charge is 0.191 e. The Morgan fingerprint density at radius 3 is 2.83 bits per heavy atom. The maximum atomic E-state index is 5.80. The van der Waals surface area contributed by atoms with Crippen molar-refractivity contribution in [3.8, 4) is 0 Å². The number of nitrogens with one attached hydrogen (secondary N) is 2. The number of pyridine rings is 1. The number of guanidine groups is 1. The van der Waals surface area contributed by atoms with E-state index >= 15 is 0 Å². The fourth-order valence-corrected chi connectivity index (χ4v) is 3.06. The van der Waals surface area contributed by atoms with Crippen molar-refractivity contribution in [2.45, 2.75) is 31.7 Å². The lowest BCUT2D eigenvalue weighted by atomic mass is 10.0. The molecule has 0 saturated heterocycles. The lowest BCUT2D eigenvalue weighted by Crippen LogP contribution is -2.39. The molecule has 126 valence electrons. The van der Waals surface area contributed by atoms with Crippen LogP contribution in [-0.2, 0) is 6.42 Å². The van der Waals surface area contributed by atoms with Crippen LogP contribution in [-0.4, -0.2) is 30.6 Å². The van der Waals surface area contributed by atoms with Crippen molar-refractivity contribution in [3.05, 3.63) is 64.4 Å². The van der Waals surface area contributed by atoms with Crippen molar-refractivity contribution >= 4 is 17.6 Å². The molecule has 3 rings (SSSR count). The van der Waals surface area contributed by atoms with E-state index in [4.69, 9.17) is 11.6 Å². The molecule has 5 heteroatoms. The van der Waals surface area contributed by atoms with E-state index in [1.54, 1.807) is 0 Å². The van der Waals surface area contributed by atoms with E-state index < -0.39 is 0 Å². The van der Waals surface area contributed by atoms with E-state index in [1.165, 1.54) is 11.1 Å². The fraction of sp³-hybridized carbons (Fsp3) is 0.368. The van der Waals surface area contributed by atoms with Crippen LogP contribution in [0.25, 0.3) is 0 Å². The Balaban J connectivity index is 1.46. The van der Waals surface area contributed by atoms with Gasteiger partial charge in [-0.3, -0.25) is 4.99 Å². The predicted octanol–water partition coefficient (Wildman–Crippen LogP) is 3.31. The van der Waals surface area contributed by atoms with Gasteiger partial charge in [0.05, 0.1) is 0 Å². The molecular formula is C19H23ClN4. The van der Waals surface area contributed by atoms with Crippen molar-refractivity contribution in [1.29, 1.82) is 0 Å². The highest BCUT2D eigenvalue weighted by atomic mass is 35.5. The molecule has 1 fully saturated rings. The summed E-state index contributed by atoms with van der Waals surface area (Å²) >= 11 is 5.80. The number of nitrogens with zero attached hydrogens (tertiary/aromatic N) is 2.